The third kappa shape index (κ3) is 6.02. The summed E-state index contributed by atoms with van der Waals surface area (Å²) >= 11 is 0. The Balaban J connectivity index is 1.25. The molecule has 2 aromatic carbocycles. The van der Waals surface area contributed by atoms with Gasteiger partial charge in [-0.1, -0.05) is 38.1 Å². The van der Waals surface area contributed by atoms with E-state index in [1.54, 1.807) is 12.4 Å². The van der Waals surface area contributed by atoms with Gasteiger partial charge in [-0.15, -0.1) is 0 Å². The van der Waals surface area contributed by atoms with Crippen LogP contribution >= 0.6 is 0 Å². The minimum Gasteiger partial charge on any atom is -0.416 e. The number of piperidine rings is 2. The van der Waals surface area contributed by atoms with Crippen molar-refractivity contribution in [3.63, 3.8) is 0 Å². The van der Waals surface area contributed by atoms with Gasteiger partial charge in [0.2, 0.25) is 0 Å². The molecule has 0 spiro atoms. The van der Waals surface area contributed by atoms with Crippen LogP contribution in [0.25, 0.3) is 21.8 Å². The maximum atomic E-state index is 13.3. The fraction of sp³-hybridized carbons (Fsp3) is 0.500. The van der Waals surface area contributed by atoms with Crippen molar-refractivity contribution in [3.8, 4) is 11.5 Å². The van der Waals surface area contributed by atoms with Gasteiger partial charge in [-0.3, -0.25) is 0 Å². The van der Waals surface area contributed by atoms with Gasteiger partial charge in [-0.25, -0.2) is 9.59 Å². The number of carbonyl (C=O) groups excluding carboxylic acids is 2. The van der Waals surface area contributed by atoms with E-state index in [9.17, 15) is 9.59 Å². The van der Waals surface area contributed by atoms with E-state index in [1.165, 1.54) is 11.1 Å². The largest absolute Gasteiger partial charge is 0.423 e. The summed E-state index contributed by atoms with van der Waals surface area (Å²) in [6.45, 7) is 10.8. The molecule has 0 saturated carbocycles. The minimum absolute atomic E-state index is 0.341. The van der Waals surface area contributed by atoms with Crippen LogP contribution < -0.4 is 9.47 Å². The second kappa shape index (κ2) is 13.2. The number of esters is 2. The standard InChI is InChI=1S/C36H46N4O4/c1-5-17-39-19-9-11-25(21-39)27-13-7-15-29-33(27)31(23-37(29)3)43-35(41)36(42)44-32-24-38(4)30-16-8-14-28(34(30)32)26-12-10-20-40(22-26)18-6-2/h7-8,13-16,23-26H,5-6,9-12,17-22H2,1-4H3. The van der Waals surface area contributed by atoms with Crippen LogP contribution in [0.2, 0.25) is 0 Å². The zero-order valence-corrected chi connectivity index (χ0v) is 26.7. The van der Waals surface area contributed by atoms with Crippen LogP contribution in [0.15, 0.2) is 48.8 Å². The number of aryl methyl sites for hydroxylation is 2. The number of rotatable bonds is 8. The van der Waals surface area contributed by atoms with E-state index in [2.05, 4.69) is 47.9 Å². The monoisotopic (exact) mass is 598 g/mol. The lowest BCUT2D eigenvalue weighted by Crippen LogP contribution is -2.35. The van der Waals surface area contributed by atoms with Gasteiger partial charge < -0.3 is 28.4 Å². The van der Waals surface area contributed by atoms with Crippen LogP contribution in [0, 0.1) is 0 Å². The van der Waals surface area contributed by atoms with Crippen molar-refractivity contribution in [1.29, 1.82) is 0 Å². The van der Waals surface area contributed by atoms with Gasteiger partial charge in [0.05, 0.1) is 11.0 Å². The SMILES string of the molecule is CCCN1CCCC(c2cccc3c2c(OC(=O)C(=O)Oc2cn(C)c4cccc(C5CCCN(CCC)C5)c24)cn3C)C1. The first-order valence-corrected chi connectivity index (χ1v) is 16.4. The second-order valence-electron chi connectivity index (χ2n) is 12.7. The zero-order valence-electron chi connectivity index (χ0n) is 26.7. The molecule has 6 rings (SSSR count). The molecule has 0 bridgehead atoms. The Kier molecular flexibility index (Phi) is 9.10. The van der Waals surface area contributed by atoms with Gasteiger partial charge in [0, 0.05) is 50.4 Å². The Labute approximate surface area is 260 Å². The molecular weight excluding hydrogens is 552 g/mol. The second-order valence-corrected chi connectivity index (χ2v) is 12.7. The highest BCUT2D eigenvalue weighted by atomic mass is 16.6. The molecule has 8 nitrogen and oxygen atoms in total. The lowest BCUT2D eigenvalue weighted by Gasteiger charge is -2.33. The Morgan fingerprint density at radius 2 is 1.14 bits per heavy atom. The fourth-order valence-corrected chi connectivity index (χ4v) is 7.64. The van der Waals surface area contributed by atoms with E-state index in [1.807, 2.05) is 35.4 Å². The van der Waals surface area contributed by atoms with Crippen molar-refractivity contribution >= 4 is 33.7 Å². The molecule has 2 aliphatic rings. The molecule has 8 heteroatoms. The number of hydrogen-bond acceptors (Lipinski definition) is 6. The summed E-state index contributed by atoms with van der Waals surface area (Å²) in [5.74, 6) is -0.524. The van der Waals surface area contributed by atoms with Gasteiger partial charge in [0.1, 0.15) is 0 Å². The molecule has 0 amide bonds. The van der Waals surface area contributed by atoms with Crippen molar-refractivity contribution in [2.24, 2.45) is 14.1 Å². The average Bonchev–Trinajstić information content (AvgIpc) is 3.53. The molecular formula is C36H46N4O4. The number of benzene rings is 2. The normalized spacial score (nSPS) is 19.9. The molecule has 2 aromatic heterocycles. The molecule has 2 aliphatic heterocycles. The number of carbonyl (C=O) groups is 2. The van der Waals surface area contributed by atoms with Crippen LogP contribution in [0.5, 0.6) is 11.5 Å². The maximum absolute atomic E-state index is 13.3. The zero-order chi connectivity index (χ0) is 30.8. The summed E-state index contributed by atoms with van der Waals surface area (Å²) in [7, 11) is 3.88. The van der Waals surface area contributed by atoms with Crippen molar-refractivity contribution < 1.29 is 19.1 Å². The van der Waals surface area contributed by atoms with E-state index in [4.69, 9.17) is 9.47 Å². The highest BCUT2D eigenvalue weighted by Gasteiger charge is 2.29. The first-order valence-electron chi connectivity index (χ1n) is 16.4. The van der Waals surface area contributed by atoms with Crippen molar-refractivity contribution in [1.82, 2.24) is 18.9 Å². The molecule has 0 N–H and O–H groups in total. The van der Waals surface area contributed by atoms with Crippen LogP contribution in [-0.4, -0.2) is 70.1 Å². The smallest absolute Gasteiger partial charge is 0.416 e. The molecule has 0 aliphatic carbocycles. The van der Waals surface area contributed by atoms with E-state index < -0.39 is 11.9 Å². The van der Waals surface area contributed by atoms with Crippen molar-refractivity contribution in [2.75, 3.05) is 39.3 Å². The summed E-state index contributed by atoms with van der Waals surface area (Å²) in [5, 5.41) is 1.81. The van der Waals surface area contributed by atoms with Gasteiger partial charge >= 0.3 is 11.9 Å². The Hall–Kier alpha value is -3.62. The molecule has 0 radical (unpaired) electrons. The first kappa shape index (κ1) is 30.4. The third-order valence-corrected chi connectivity index (χ3v) is 9.57. The Bertz CT molecular complexity index is 1530. The van der Waals surface area contributed by atoms with Crippen LogP contribution in [0.3, 0.4) is 0 Å². The van der Waals surface area contributed by atoms with E-state index in [-0.39, 0.29) is 0 Å². The summed E-state index contributed by atoms with van der Waals surface area (Å²) in [4.78, 5) is 31.7. The number of hydrogen-bond donors (Lipinski definition) is 0. The van der Waals surface area contributed by atoms with Crippen LogP contribution in [-0.2, 0) is 23.7 Å². The highest BCUT2D eigenvalue weighted by molar-refractivity contribution is 6.31. The highest BCUT2D eigenvalue weighted by Crippen LogP contribution is 2.40. The maximum Gasteiger partial charge on any atom is 0.423 e. The number of aromatic nitrogens is 2. The summed E-state index contributed by atoms with van der Waals surface area (Å²) in [6, 6.07) is 12.5. The first-order chi connectivity index (χ1) is 21.4. The molecule has 44 heavy (non-hydrogen) atoms. The molecule has 234 valence electrons. The minimum atomic E-state index is -1.01. The molecule has 2 atom stereocenters. The van der Waals surface area contributed by atoms with Gasteiger partial charge in [0.25, 0.3) is 0 Å². The lowest BCUT2D eigenvalue weighted by atomic mass is 9.88. The number of fused-ring (bicyclic) bond motifs is 2. The van der Waals surface area contributed by atoms with Crippen molar-refractivity contribution in [2.45, 2.75) is 64.2 Å². The molecule has 2 saturated heterocycles. The number of nitrogens with zero attached hydrogens (tertiary/aromatic N) is 4. The average molecular weight is 599 g/mol. The summed E-state index contributed by atoms with van der Waals surface area (Å²) < 4.78 is 15.6. The van der Waals surface area contributed by atoms with Gasteiger partial charge in [0.15, 0.2) is 11.5 Å². The summed E-state index contributed by atoms with van der Waals surface area (Å²) in [5.41, 5.74) is 4.30. The van der Waals surface area contributed by atoms with E-state index >= 15 is 0 Å². The fourth-order valence-electron chi connectivity index (χ4n) is 7.64. The molecule has 4 heterocycles. The summed E-state index contributed by atoms with van der Waals surface area (Å²) in [6.07, 6.45) is 10.3. The predicted octanol–water partition coefficient (Wildman–Crippen LogP) is 6.36. The predicted molar refractivity (Wildman–Crippen MR) is 175 cm³/mol. The third-order valence-electron chi connectivity index (χ3n) is 9.57. The van der Waals surface area contributed by atoms with Gasteiger partial charge in [-0.2, -0.15) is 0 Å². The van der Waals surface area contributed by atoms with Crippen LogP contribution in [0.4, 0.5) is 0 Å². The number of likely N-dealkylation sites (tertiary alicyclic amines) is 2. The molecule has 4 aromatic rings. The quantitative estimate of drug-likeness (QED) is 0.174. The Morgan fingerprint density at radius 3 is 1.55 bits per heavy atom. The molecule has 2 fully saturated rings. The molecule has 2 unspecified atom stereocenters. The lowest BCUT2D eigenvalue weighted by molar-refractivity contribution is -0.156. The Morgan fingerprint density at radius 1 is 0.705 bits per heavy atom. The van der Waals surface area contributed by atoms with E-state index in [0.29, 0.717) is 23.3 Å². The van der Waals surface area contributed by atoms with E-state index in [0.717, 1.165) is 99.6 Å². The van der Waals surface area contributed by atoms with Crippen LogP contribution in [0.1, 0.15) is 75.3 Å². The number of ether oxygens (including phenoxy) is 2. The van der Waals surface area contributed by atoms with Gasteiger partial charge in [-0.05, 0) is 99.8 Å². The van der Waals surface area contributed by atoms with Crippen molar-refractivity contribution in [3.05, 3.63) is 59.9 Å². The topological polar surface area (TPSA) is 68.9 Å².